The molecule has 0 spiro atoms. The lowest BCUT2D eigenvalue weighted by Crippen LogP contribution is -2.15. The van der Waals surface area contributed by atoms with Gasteiger partial charge in [-0.1, -0.05) is 54.6 Å². The highest BCUT2D eigenvalue weighted by molar-refractivity contribution is 5.56. The quantitative estimate of drug-likeness (QED) is 0.903. The summed E-state index contributed by atoms with van der Waals surface area (Å²) in [4.78, 5) is 2.39. The van der Waals surface area contributed by atoms with Gasteiger partial charge in [-0.25, -0.2) is 0 Å². The van der Waals surface area contributed by atoms with Gasteiger partial charge in [-0.3, -0.25) is 4.90 Å². The molecule has 3 rings (SSSR count). The molecule has 96 valence electrons. The maximum Gasteiger partial charge on any atom is 0.122 e. The Hall–Kier alpha value is -2.06. The van der Waals surface area contributed by atoms with Crippen molar-refractivity contribution >= 4 is 6.08 Å². The molecule has 0 atom stereocenters. The summed E-state index contributed by atoms with van der Waals surface area (Å²) in [5, 5.41) is 9.68. The van der Waals surface area contributed by atoms with Crippen LogP contribution in [0.3, 0.4) is 0 Å². The normalized spacial score (nSPS) is 14.9. The first-order chi connectivity index (χ1) is 9.33. The van der Waals surface area contributed by atoms with Crippen molar-refractivity contribution in [3.8, 4) is 5.75 Å². The maximum absolute atomic E-state index is 9.68. The molecule has 0 amide bonds. The number of aromatic hydroxyl groups is 1. The van der Waals surface area contributed by atoms with E-state index < -0.39 is 0 Å². The van der Waals surface area contributed by atoms with Gasteiger partial charge in [-0.2, -0.15) is 0 Å². The summed E-state index contributed by atoms with van der Waals surface area (Å²) in [5.41, 5.74) is 3.73. The first-order valence-corrected chi connectivity index (χ1v) is 6.56. The molecule has 0 aromatic heterocycles. The van der Waals surface area contributed by atoms with Gasteiger partial charge in [0.1, 0.15) is 5.75 Å². The molecule has 1 N–H and O–H groups in total. The molecule has 0 unspecified atom stereocenters. The fourth-order valence-electron chi connectivity index (χ4n) is 2.49. The van der Waals surface area contributed by atoms with Crippen LogP contribution in [0.1, 0.15) is 16.7 Å². The summed E-state index contributed by atoms with van der Waals surface area (Å²) in [7, 11) is 0. The van der Waals surface area contributed by atoms with Crippen molar-refractivity contribution in [1.29, 1.82) is 0 Å². The Bertz CT molecular complexity index is 579. The number of hydrogen-bond acceptors (Lipinski definition) is 2. The lowest BCUT2D eigenvalue weighted by molar-refractivity contribution is 0.317. The van der Waals surface area contributed by atoms with E-state index in [1.807, 2.05) is 24.3 Å². The molecule has 1 aliphatic heterocycles. The molecular weight excluding hydrogens is 234 g/mol. The number of para-hydroxylation sites is 1. The number of hydrogen-bond donors (Lipinski definition) is 1. The number of nitrogens with zero attached hydrogens (tertiary/aromatic N) is 1. The van der Waals surface area contributed by atoms with E-state index in [9.17, 15) is 5.11 Å². The summed E-state index contributed by atoms with van der Waals surface area (Å²) in [6.07, 6.45) is 4.10. The van der Waals surface area contributed by atoms with Crippen molar-refractivity contribution in [1.82, 2.24) is 4.90 Å². The van der Waals surface area contributed by atoms with Crippen LogP contribution in [0.2, 0.25) is 0 Å². The van der Waals surface area contributed by atoms with E-state index in [0.717, 1.165) is 25.2 Å². The minimum absolute atomic E-state index is 0.337. The Morgan fingerprint density at radius 2 is 1.58 bits per heavy atom. The van der Waals surface area contributed by atoms with Gasteiger partial charge in [0.05, 0.1) is 0 Å². The van der Waals surface area contributed by atoms with Gasteiger partial charge in [0.2, 0.25) is 0 Å². The van der Waals surface area contributed by atoms with E-state index in [1.54, 1.807) is 6.07 Å². The van der Waals surface area contributed by atoms with Gasteiger partial charge in [-0.15, -0.1) is 0 Å². The first-order valence-electron chi connectivity index (χ1n) is 6.56. The van der Waals surface area contributed by atoms with Crippen LogP contribution in [0.4, 0.5) is 0 Å². The Kier molecular flexibility index (Phi) is 3.34. The molecule has 19 heavy (non-hydrogen) atoms. The zero-order chi connectivity index (χ0) is 13.1. The number of benzene rings is 2. The predicted molar refractivity (Wildman–Crippen MR) is 77.7 cm³/mol. The van der Waals surface area contributed by atoms with Gasteiger partial charge >= 0.3 is 0 Å². The van der Waals surface area contributed by atoms with E-state index in [2.05, 4.69) is 35.2 Å². The molecule has 0 saturated heterocycles. The Labute approximate surface area is 113 Å². The Morgan fingerprint density at radius 1 is 0.947 bits per heavy atom. The molecule has 0 radical (unpaired) electrons. The molecule has 0 bridgehead atoms. The van der Waals surface area contributed by atoms with Gasteiger partial charge in [-0.05, 0) is 17.2 Å². The highest BCUT2D eigenvalue weighted by atomic mass is 16.3. The fraction of sp³-hybridized carbons (Fsp3) is 0.176. The number of rotatable bonds is 3. The van der Waals surface area contributed by atoms with Gasteiger partial charge in [0.15, 0.2) is 0 Å². The standard InChI is InChI=1S/C17H17NO/c19-17-10-4-3-6-14(17)9-5-11-18-12-15-7-1-2-8-16(15)13-18/h1-10,19H,11-13H2/b9-5+. The van der Waals surface area contributed by atoms with Crippen LogP contribution in [-0.4, -0.2) is 16.6 Å². The average Bonchev–Trinajstić information content (AvgIpc) is 2.83. The number of phenols is 1. The summed E-state index contributed by atoms with van der Waals surface area (Å²) in [6, 6.07) is 16.0. The van der Waals surface area contributed by atoms with Crippen molar-refractivity contribution in [2.75, 3.05) is 6.54 Å². The average molecular weight is 251 g/mol. The van der Waals surface area contributed by atoms with E-state index >= 15 is 0 Å². The van der Waals surface area contributed by atoms with Crippen molar-refractivity contribution < 1.29 is 5.11 Å². The first kappa shape index (κ1) is 12.0. The van der Waals surface area contributed by atoms with Crippen LogP contribution in [0, 0.1) is 0 Å². The van der Waals surface area contributed by atoms with E-state index in [1.165, 1.54) is 11.1 Å². The van der Waals surface area contributed by atoms with Crippen LogP contribution in [0.25, 0.3) is 6.08 Å². The maximum atomic E-state index is 9.68. The predicted octanol–water partition coefficient (Wildman–Crippen LogP) is 3.42. The second-order valence-corrected chi connectivity index (χ2v) is 4.90. The summed E-state index contributed by atoms with van der Waals surface area (Å²) in [6.45, 7) is 2.94. The molecule has 0 aliphatic carbocycles. The molecule has 2 aromatic rings. The number of phenolic OH excluding ortho intramolecular Hbond substituents is 1. The minimum Gasteiger partial charge on any atom is -0.507 e. The van der Waals surface area contributed by atoms with Crippen molar-refractivity contribution in [3.63, 3.8) is 0 Å². The van der Waals surface area contributed by atoms with Crippen molar-refractivity contribution in [2.24, 2.45) is 0 Å². The molecular formula is C17H17NO. The third-order valence-corrected chi connectivity index (χ3v) is 3.50. The molecule has 1 aliphatic rings. The minimum atomic E-state index is 0.337. The highest BCUT2D eigenvalue weighted by Crippen LogP contribution is 2.22. The largest absolute Gasteiger partial charge is 0.507 e. The molecule has 1 heterocycles. The van der Waals surface area contributed by atoms with Gasteiger partial charge < -0.3 is 5.11 Å². The fourth-order valence-corrected chi connectivity index (χ4v) is 2.49. The van der Waals surface area contributed by atoms with Crippen molar-refractivity contribution in [3.05, 3.63) is 71.3 Å². The second-order valence-electron chi connectivity index (χ2n) is 4.90. The zero-order valence-electron chi connectivity index (χ0n) is 10.8. The van der Waals surface area contributed by atoms with E-state index in [-0.39, 0.29) is 0 Å². The van der Waals surface area contributed by atoms with Crippen molar-refractivity contribution in [2.45, 2.75) is 13.1 Å². The SMILES string of the molecule is Oc1ccccc1/C=C/CN1Cc2ccccc2C1. The van der Waals surface area contributed by atoms with Crippen LogP contribution in [-0.2, 0) is 13.1 Å². The van der Waals surface area contributed by atoms with Crippen LogP contribution in [0.15, 0.2) is 54.6 Å². The lowest BCUT2D eigenvalue weighted by atomic mass is 10.1. The topological polar surface area (TPSA) is 23.5 Å². The van der Waals surface area contributed by atoms with E-state index in [0.29, 0.717) is 5.75 Å². The van der Waals surface area contributed by atoms with Gasteiger partial charge in [0.25, 0.3) is 0 Å². The highest BCUT2D eigenvalue weighted by Gasteiger charge is 2.16. The lowest BCUT2D eigenvalue weighted by Gasteiger charge is -2.11. The van der Waals surface area contributed by atoms with Crippen LogP contribution in [0.5, 0.6) is 5.75 Å². The molecule has 2 aromatic carbocycles. The Balaban J connectivity index is 1.62. The summed E-state index contributed by atoms with van der Waals surface area (Å²) >= 11 is 0. The molecule has 2 nitrogen and oxygen atoms in total. The van der Waals surface area contributed by atoms with Gasteiger partial charge in [0, 0.05) is 25.2 Å². The second kappa shape index (κ2) is 5.29. The monoisotopic (exact) mass is 251 g/mol. The number of fused-ring (bicyclic) bond motifs is 1. The van der Waals surface area contributed by atoms with E-state index in [4.69, 9.17) is 0 Å². The summed E-state index contributed by atoms with van der Waals surface area (Å²) in [5.74, 6) is 0.337. The molecule has 0 fully saturated rings. The third kappa shape index (κ3) is 2.69. The van der Waals surface area contributed by atoms with Crippen LogP contribution >= 0.6 is 0 Å². The van der Waals surface area contributed by atoms with Crippen LogP contribution < -0.4 is 0 Å². The third-order valence-electron chi connectivity index (χ3n) is 3.50. The molecule has 0 saturated carbocycles. The summed E-state index contributed by atoms with van der Waals surface area (Å²) < 4.78 is 0. The molecule has 2 heteroatoms. The Morgan fingerprint density at radius 3 is 2.26 bits per heavy atom. The zero-order valence-corrected chi connectivity index (χ0v) is 10.8. The smallest absolute Gasteiger partial charge is 0.122 e.